The second-order valence-corrected chi connectivity index (χ2v) is 9.45. The van der Waals surface area contributed by atoms with Crippen LogP contribution in [0.3, 0.4) is 0 Å². The average molecular weight is 428 g/mol. The average Bonchev–Trinajstić information content (AvgIpc) is 3.06. The first-order chi connectivity index (χ1) is 13.6. The molecule has 0 saturated heterocycles. The summed E-state index contributed by atoms with van der Waals surface area (Å²) in [5.41, 5.74) is -0.158. The summed E-state index contributed by atoms with van der Waals surface area (Å²) < 4.78 is 45.4. The topological polar surface area (TPSA) is 68.3 Å². The summed E-state index contributed by atoms with van der Waals surface area (Å²) >= 11 is 0.797. The van der Waals surface area contributed by atoms with Gasteiger partial charge in [0.25, 0.3) is 5.91 Å². The normalized spacial score (nSPS) is 19.9. The van der Waals surface area contributed by atoms with Crippen LogP contribution in [0.4, 0.5) is 18.3 Å². The van der Waals surface area contributed by atoms with Crippen molar-refractivity contribution in [2.75, 3.05) is 11.9 Å². The molecule has 1 aliphatic carbocycles. The second kappa shape index (κ2) is 8.30. The number of amides is 1. The zero-order valence-corrected chi connectivity index (χ0v) is 17.3. The quantitative estimate of drug-likeness (QED) is 0.547. The van der Waals surface area contributed by atoms with Gasteiger partial charge in [-0.1, -0.05) is 32.1 Å². The summed E-state index contributed by atoms with van der Waals surface area (Å²) in [6.07, 6.45) is 3.35. The first kappa shape index (κ1) is 21.5. The van der Waals surface area contributed by atoms with Crippen molar-refractivity contribution in [3.8, 4) is 0 Å². The number of rotatable bonds is 4. The zero-order valence-electron chi connectivity index (χ0n) is 16.5. The summed E-state index contributed by atoms with van der Waals surface area (Å²) in [7, 11) is 0. The van der Waals surface area contributed by atoms with Crippen molar-refractivity contribution in [1.82, 2.24) is 4.98 Å². The van der Waals surface area contributed by atoms with E-state index in [0.717, 1.165) is 43.1 Å². The summed E-state index contributed by atoms with van der Waals surface area (Å²) in [5, 5.41) is 2.33. The molecule has 2 aromatic rings. The summed E-state index contributed by atoms with van der Waals surface area (Å²) in [4.78, 5) is 28.0. The van der Waals surface area contributed by atoms with Crippen LogP contribution in [0.15, 0.2) is 6.07 Å². The van der Waals surface area contributed by atoms with Crippen LogP contribution >= 0.6 is 11.3 Å². The predicted octanol–water partition coefficient (Wildman–Crippen LogP) is 5.05. The van der Waals surface area contributed by atoms with Crippen molar-refractivity contribution >= 4 is 38.6 Å². The number of anilines is 1. The molecule has 1 heterocycles. The molecule has 158 valence electrons. The number of aromatic nitrogens is 1. The van der Waals surface area contributed by atoms with Crippen molar-refractivity contribution in [1.29, 1.82) is 0 Å². The van der Waals surface area contributed by atoms with Gasteiger partial charge in [-0.05, 0) is 43.1 Å². The Morgan fingerprint density at radius 2 is 1.83 bits per heavy atom. The van der Waals surface area contributed by atoms with E-state index in [9.17, 15) is 22.8 Å². The van der Waals surface area contributed by atoms with E-state index >= 15 is 0 Å². The highest BCUT2D eigenvalue weighted by Gasteiger charge is 2.33. The fourth-order valence-electron chi connectivity index (χ4n) is 3.63. The lowest BCUT2D eigenvalue weighted by atomic mass is 9.70. The van der Waals surface area contributed by atoms with Crippen molar-refractivity contribution in [3.05, 3.63) is 23.5 Å². The van der Waals surface area contributed by atoms with Crippen LogP contribution in [0.5, 0.6) is 0 Å². The molecule has 0 unspecified atom stereocenters. The highest BCUT2D eigenvalue weighted by atomic mass is 32.1. The van der Waals surface area contributed by atoms with Crippen LogP contribution < -0.4 is 5.32 Å². The van der Waals surface area contributed by atoms with Crippen LogP contribution in [-0.2, 0) is 14.3 Å². The molecular formula is C20H23F3N2O3S. The molecule has 0 atom stereocenters. The monoisotopic (exact) mass is 428 g/mol. The standard InChI is InChI=1S/C20H23F3N2O3S/c1-20(2,3)11-6-4-10(5-7-11)18(27)28-9-14(26)24-19-25-17-13(29-19)8-12(21)15(22)16(17)23/h8,10-11H,4-7,9H2,1-3H3,(H,24,25,26). The maximum absolute atomic E-state index is 13.7. The molecule has 1 amide bonds. The van der Waals surface area contributed by atoms with E-state index in [1.807, 2.05) is 0 Å². The zero-order chi connectivity index (χ0) is 21.3. The number of fused-ring (bicyclic) bond motifs is 1. The van der Waals surface area contributed by atoms with Crippen molar-refractivity contribution in [2.45, 2.75) is 46.5 Å². The first-order valence-corrected chi connectivity index (χ1v) is 10.3. The number of nitrogens with zero attached hydrogens (tertiary/aromatic N) is 1. The number of carbonyl (C=O) groups excluding carboxylic acids is 2. The lowest BCUT2D eigenvalue weighted by molar-refractivity contribution is -0.153. The third-order valence-electron chi connectivity index (χ3n) is 5.40. The van der Waals surface area contributed by atoms with Crippen LogP contribution in [0.2, 0.25) is 0 Å². The number of thiazole rings is 1. The fourth-order valence-corrected chi connectivity index (χ4v) is 4.54. The van der Waals surface area contributed by atoms with Gasteiger partial charge in [-0.2, -0.15) is 0 Å². The van der Waals surface area contributed by atoms with Crippen molar-refractivity contribution in [2.24, 2.45) is 17.3 Å². The molecule has 0 aliphatic heterocycles. The third kappa shape index (κ3) is 4.88. The molecule has 1 aromatic heterocycles. The molecule has 1 saturated carbocycles. The Bertz CT molecular complexity index is 931. The molecule has 1 fully saturated rings. The summed E-state index contributed by atoms with van der Waals surface area (Å²) in [6, 6.07) is 0.815. The van der Waals surface area contributed by atoms with Gasteiger partial charge in [0, 0.05) is 0 Å². The number of hydrogen-bond donors (Lipinski definition) is 1. The van der Waals surface area contributed by atoms with Crippen LogP contribution in [0.25, 0.3) is 10.2 Å². The summed E-state index contributed by atoms with van der Waals surface area (Å²) in [5.74, 6) is -5.07. The van der Waals surface area contributed by atoms with Gasteiger partial charge >= 0.3 is 5.97 Å². The first-order valence-electron chi connectivity index (χ1n) is 9.46. The number of esters is 1. The van der Waals surface area contributed by atoms with Crippen LogP contribution in [0, 0.1) is 34.7 Å². The largest absolute Gasteiger partial charge is 0.455 e. The Kier molecular flexibility index (Phi) is 6.16. The highest BCUT2D eigenvalue weighted by Crippen LogP contribution is 2.40. The number of halogens is 3. The van der Waals surface area contributed by atoms with Gasteiger partial charge in [0.2, 0.25) is 0 Å². The number of ether oxygens (including phenoxy) is 1. The van der Waals surface area contributed by atoms with Crippen LogP contribution in [0.1, 0.15) is 46.5 Å². The molecule has 0 spiro atoms. The van der Waals surface area contributed by atoms with E-state index in [2.05, 4.69) is 31.1 Å². The molecule has 3 rings (SSSR count). The minimum atomic E-state index is -1.62. The van der Waals surface area contributed by atoms with Gasteiger partial charge in [-0.25, -0.2) is 18.2 Å². The maximum Gasteiger partial charge on any atom is 0.309 e. The Balaban J connectivity index is 1.52. The third-order valence-corrected chi connectivity index (χ3v) is 6.32. The van der Waals surface area contributed by atoms with E-state index in [0.29, 0.717) is 5.92 Å². The highest BCUT2D eigenvalue weighted by molar-refractivity contribution is 7.22. The molecule has 1 N–H and O–H groups in total. The Hall–Kier alpha value is -2.16. The van der Waals surface area contributed by atoms with Gasteiger partial charge < -0.3 is 4.74 Å². The summed E-state index contributed by atoms with van der Waals surface area (Å²) in [6.45, 7) is 6.07. The molecule has 1 aliphatic rings. The molecule has 5 nitrogen and oxygen atoms in total. The van der Waals surface area contributed by atoms with Crippen LogP contribution in [-0.4, -0.2) is 23.5 Å². The minimum Gasteiger partial charge on any atom is -0.455 e. The maximum atomic E-state index is 13.7. The van der Waals surface area contributed by atoms with E-state index < -0.39 is 35.9 Å². The van der Waals surface area contributed by atoms with E-state index in [4.69, 9.17) is 4.74 Å². The Morgan fingerprint density at radius 1 is 1.17 bits per heavy atom. The predicted molar refractivity (Wildman–Crippen MR) is 104 cm³/mol. The SMILES string of the molecule is CC(C)(C)C1CCC(C(=O)OCC(=O)Nc2nc3c(F)c(F)c(F)cc3s2)CC1. The lowest BCUT2D eigenvalue weighted by Gasteiger charge is -2.36. The van der Waals surface area contributed by atoms with Gasteiger partial charge in [0.1, 0.15) is 5.52 Å². The fraction of sp³-hybridized carbons (Fsp3) is 0.550. The lowest BCUT2D eigenvalue weighted by Crippen LogP contribution is -2.31. The second-order valence-electron chi connectivity index (χ2n) is 8.42. The van der Waals surface area contributed by atoms with Gasteiger partial charge in [-0.3, -0.25) is 14.9 Å². The van der Waals surface area contributed by atoms with Crippen molar-refractivity contribution < 1.29 is 27.5 Å². The minimum absolute atomic E-state index is 0.0318. The smallest absolute Gasteiger partial charge is 0.309 e. The Labute approximate surface area is 170 Å². The number of carbonyl (C=O) groups is 2. The molecule has 29 heavy (non-hydrogen) atoms. The number of nitrogens with one attached hydrogen (secondary N) is 1. The van der Waals surface area contributed by atoms with Gasteiger partial charge in [-0.15, -0.1) is 0 Å². The number of benzene rings is 1. The molecule has 0 bridgehead atoms. The van der Waals surface area contributed by atoms with E-state index in [1.165, 1.54) is 0 Å². The molecular weight excluding hydrogens is 405 g/mol. The van der Waals surface area contributed by atoms with E-state index in [-0.39, 0.29) is 26.7 Å². The molecule has 9 heteroatoms. The van der Waals surface area contributed by atoms with Gasteiger partial charge in [0.05, 0.1) is 10.6 Å². The number of hydrogen-bond acceptors (Lipinski definition) is 5. The van der Waals surface area contributed by atoms with E-state index in [1.54, 1.807) is 0 Å². The van der Waals surface area contributed by atoms with Crippen molar-refractivity contribution in [3.63, 3.8) is 0 Å². The Morgan fingerprint density at radius 3 is 2.45 bits per heavy atom. The molecule has 1 aromatic carbocycles. The molecule has 0 radical (unpaired) electrons. The van der Waals surface area contributed by atoms with Gasteiger partial charge in [0.15, 0.2) is 29.2 Å².